The molecule has 0 N–H and O–H groups in total. The van der Waals surface area contributed by atoms with Crippen LogP contribution in [0.2, 0.25) is 0 Å². The summed E-state index contributed by atoms with van der Waals surface area (Å²) < 4.78 is 20.0. The van der Waals surface area contributed by atoms with Crippen molar-refractivity contribution >= 4 is 68.4 Å². The van der Waals surface area contributed by atoms with Crippen LogP contribution in [0.3, 0.4) is 0 Å². The molecular formula is C50H55BN2O3. The van der Waals surface area contributed by atoms with Crippen LogP contribution in [-0.2, 0) is 16.2 Å². The van der Waals surface area contributed by atoms with Gasteiger partial charge in [-0.3, -0.25) is 0 Å². The summed E-state index contributed by atoms with van der Waals surface area (Å²) >= 11 is 0. The molecule has 5 nitrogen and oxygen atoms in total. The quantitative estimate of drug-likeness (QED) is 0.165. The van der Waals surface area contributed by atoms with Crippen LogP contribution in [0.1, 0.15) is 102 Å². The highest BCUT2D eigenvalue weighted by molar-refractivity contribution is 7.00. The van der Waals surface area contributed by atoms with E-state index in [9.17, 15) is 0 Å². The number of benzene rings is 5. The van der Waals surface area contributed by atoms with Gasteiger partial charge in [0.25, 0.3) is 6.71 Å². The van der Waals surface area contributed by atoms with Crippen LogP contribution in [0.15, 0.2) is 83.3 Å². The van der Waals surface area contributed by atoms with Crippen molar-refractivity contribution in [2.24, 2.45) is 0 Å². The first-order valence-corrected chi connectivity index (χ1v) is 20.4. The van der Waals surface area contributed by atoms with Gasteiger partial charge in [0, 0.05) is 40.1 Å². The Hall–Kier alpha value is -5.10. The highest BCUT2D eigenvalue weighted by atomic mass is 16.5. The lowest BCUT2D eigenvalue weighted by atomic mass is 9.35. The SMILES string of the molecule is Cc1cc2c3c(c1)N(c1c(C)cc4c(c1C)OCCCO4)c1c(oc4ccc(C(C)(C)C)cc14)B3c1cc(C(C)(C)C)ccc1N2c1ccc(C(C)(C)C)cc1. The molecule has 56 heavy (non-hydrogen) atoms. The minimum Gasteiger partial charge on any atom is -0.490 e. The Balaban J connectivity index is 1.41. The number of ether oxygens (including phenoxy) is 2. The van der Waals surface area contributed by atoms with Gasteiger partial charge in [-0.15, -0.1) is 0 Å². The smallest absolute Gasteiger partial charge is 0.297 e. The number of hydrogen-bond acceptors (Lipinski definition) is 5. The molecule has 1 aromatic heterocycles. The molecule has 0 spiro atoms. The average molecular weight is 743 g/mol. The molecule has 0 saturated heterocycles. The number of rotatable bonds is 2. The Kier molecular flexibility index (Phi) is 8.12. The molecular weight excluding hydrogens is 687 g/mol. The fourth-order valence-corrected chi connectivity index (χ4v) is 9.14. The second-order valence-corrected chi connectivity index (χ2v) is 19.5. The molecule has 3 aliphatic heterocycles. The predicted octanol–water partition coefficient (Wildman–Crippen LogP) is 11.5. The van der Waals surface area contributed by atoms with Crippen molar-refractivity contribution in [3.63, 3.8) is 0 Å². The summed E-state index contributed by atoms with van der Waals surface area (Å²) in [5, 5.41) is 1.13. The van der Waals surface area contributed by atoms with E-state index in [0.29, 0.717) is 13.2 Å². The second-order valence-electron chi connectivity index (χ2n) is 19.5. The molecule has 9 rings (SSSR count). The largest absolute Gasteiger partial charge is 0.490 e. The first kappa shape index (κ1) is 36.5. The minimum atomic E-state index is -0.124. The summed E-state index contributed by atoms with van der Waals surface area (Å²) in [6, 6.07) is 30.1. The van der Waals surface area contributed by atoms with Crippen molar-refractivity contribution in [1.82, 2.24) is 0 Å². The summed E-state index contributed by atoms with van der Waals surface area (Å²) in [6.45, 7) is 28.4. The van der Waals surface area contributed by atoms with Gasteiger partial charge in [0.05, 0.1) is 30.2 Å². The summed E-state index contributed by atoms with van der Waals surface area (Å²) in [7, 11) is 0. The summed E-state index contributed by atoms with van der Waals surface area (Å²) in [5.74, 6) is 1.65. The van der Waals surface area contributed by atoms with Gasteiger partial charge in [-0.05, 0) is 124 Å². The summed E-state index contributed by atoms with van der Waals surface area (Å²) in [5.41, 5.74) is 18.6. The molecule has 6 heteroatoms. The monoisotopic (exact) mass is 742 g/mol. The Morgan fingerprint density at radius 2 is 1.20 bits per heavy atom. The number of anilines is 6. The van der Waals surface area contributed by atoms with Crippen LogP contribution in [0, 0.1) is 20.8 Å². The molecule has 4 heterocycles. The van der Waals surface area contributed by atoms with E-state index in [1.54, 1.807) is 0 Å². The maximum Gasteiger partial charge on any atom is 0.297 e. The van der Waals surface area contributed by atoms with Gasteiger partial charge in [-0.25, -0.2) is 0 Å². The van der Waals surface area contributed by atoms with Gasteiger partial charge >= 0.3 is 0 Å². The van der Waals surface area contributed by atoms with Crippen molar-refractivity contribution in [3.05, 3.63) is 112 Å². The van der Waals surface area contributed by atoms with Crippen molar-refractivity contribution < 1.29 is 13.9 Å². The van der Waals surface area contributed by atoms with E-state index in [1.807, 2.05) is 0 Å². The molecule has 0 aliphatic carbocycles. The van der Waals surface area contributed by atoms with Crippen LogP contribution in [0.25, 0.3) is 11.0 Å². The van der Waals surface area contributed by atoms with Gasteiger partial charge in [-0.2, -0.15) is 0 Å². The third kappa shape index (κ3) is 5.65. The van der Waals surface area contributed by atoms with E-state index in [1.165, 1.54) is 50.2 Å². The van der Waals surface area contributed by atoms with Crippen molar-refractivity contribution in [1.29, 1.82) is 0 Å². The minimum absolute atomic E-state index is 0.0390. The third-order valence-electron chi connectivity index (χ3n) is 12.2. The zero-order chi connectivity index (χ0) is 39.6. The third-order valence-corrected chi connectivity index (χ3v) is 12.2. The first-order valence-electron chi connectivity index (χ1n) is 20.4. The van der Waals surface area contributed by atoms with E-state index in [4.69, 9.17) is 13.9 Å². The van der Waals surface area contributed by atoms with E-state index in [-0.39, 0.29) is 23.0 Å². The number of aryl methyl sites for hydroxylation is 2. The molecule has 0 unspecified atom stereocenters. The van der Waals surface area contributed by atoms with Crippen LogP contribution >= 0.6 is 0 Å². The van der Waals surface area contributed by atoms with Crippen LogP contribution in [-0.4, -0.2) is 19.9 Å². The molecule has 286 valence electrons. The van der Waals surface area contributed by atoms with E-state index < -0.39 is 0 Å². The Bertz CT molecular complexity index is 2560. The molecule has 0 bridgehead atoms. The molecule has 5 aromatic carbocycles. The highest BCUT2D eigenvalue weighted by Gasteiger charge is 2.48. The summed E-state index contributed by atoms with van der Waals surface area (Å²) in [4.78, 5) is 5.00. The Morgan fingerprint density at radius 1 is 0.589 bits per heavy atom. The Labute approximate surface area is 333 Å². The fourth-order valence-electron chi connectivity index (χ4n) is 9.14. The molecule has 3 aliphatic rings. The number of fused-ring (bicyclic) bond motifs is 7. The molecule has 0 radical (unpaired) electrons. The molecule has 0 fully saturated rings. The van der Waals surface area contributed by atoms with Gasteiger partial charge in [0.15, 0.2) is 11.5 Å². The maximum atomic E-state index is 7.26. The zero-order valence-electron chi connectivity index (χ0n) is 35.3. The Morgan fingerprint density at radius 3 is 1.88 bits per heavy atom. The lowest BCUT2D eigenvalue weighted by Crippen LogP contribution is -2.61. The second kappa shape index (κ2) is 12.5. The van der Waals surface area contributed by atoms with E-state index in [0.717, 1.165) is 62.7 Å². The maximum absolute atomic E-state index is 7.26. The van der Waals surface area contributed by atoms with Gasteiger partial charge < -0.3 is 23.7 Å². The molecule has 0 amide bonds. The average Bonchev–Trinajstić information content (AvgIpc) is 3.33. The van der Waals surface area contributed by atoms with E-state index >= 15 is 0 Å². The van der Waals surface area contributed by atoms with Crippen LogP contribution in [0.4, 0.5) is 34.1 Å². The zero-order valence-corrected chi connectivity index (χ0v) is 35.3. The summed E-state index contributed by atoms with van der Waals surface area (Å²) in [6.07, 6.45) is 0.855. The molecule has 0 atom stereocenters. The fraction of sp³-hybridized carbons (Fsp3) is 0.360. The van der Waals surface area contributed by atoms with Crippen molar-refractivity contribution in [2.45, 2.75) is 106 Å². The van der Waals surface area contributed by atoms with Gasteiger partial charge in [0.1, 0.15) is 5.58 Å². The lowest BCUT2D eigenvalue weighted by Gasteiger charge is -2.43. The normalized spacial score (nSPS) is 15.1. The van der Waals surface area contributed by atoms with Crippen LogP contribution < -0.4 is 35.9 Å². The van der Waals surface area contributed by atoms with Crippen LogP contribution in [0.5, 0.6) is 11.5 Å². The lowest BCUT2D eigenvalue weighted by molar-refractivity contribution is 0.296. The molecule has 6 aromatic rings. The van der Waals surface area contributed by atoms with Gasteiger partial charge in [-0.1, -0.05) is 92.6 Å². The standard InChI is InChI=1S/C50H55BN2O3/c1-29-24-39-43-40(25-29)53(44-30(2)26-42-46(31(44)3)55-23-13-22-54-42)45-36-27-33(49(7,8)9)17-21-41(36)56-47(45)51(43)37-28-34(50(10,11)12)16-20-38(37)52(39)35-18-14-32(15-19-35)48(4,5)6/h14-21,24-28H,13,22-23H2,1-12H3. The predicted molar refractivity (Wildman–Crippen MR) is 236 cm³/mol. The highest BCUT2D eigenvalue weighted by Crippen LogP contribution is 2.52. The number of furan rings is 1. The topological polar surface area (TPSA) is 38.1 Å². The van der Waals surface area contributed by atoms with Gasteiger partial charge in [0.2, 0.25) is 0 Å². The van der Waals surface area contributed by atoms with Crippen molar-refractivity contribution in [3.8, 4) is 11.5 Å². The van der Waals surface area contributed by atoms with Crippen molar-refractivity contribution in [2.75, 3.05) is 23.0 Å². The van der Waals surface area contributed by atoms with E-state index in [2.05, 4.69) is 172 Å². The first-order chi connectivity index (χ1) is 26.4. The molecule has 0 saturated carbocycles. The number of hydrogen-bond donors (Lipinski definition) is 0. The number of nitrogens with zero attached hydrogens (tertiary/aromatic N) is 2.